The molecule has 0 aliphatic carbocycles. The fourth-order valence-corrected chi connectivity index (χ4v) is 3.65. The number of benzene rings is 1. The van der Waals surface area contributed by atoms with Gasteiger partial charge in [0.1, 0.15) is 17.6 Å². The number of hydrogen-bond acceptors (Lipinski definition) is 8. The SMILES string of the molecule is C1=C(C(Cc2ccccc2)NCCCNCc2nc(-n3ccnc3)ns2)OCO1. The monoisotopic (exact) mass is 412 g/mol. The number of aromatic nitrogens is 4. The van der Waals surface area contributed by atoms with Crippen molar-refractivity contribution in [2.24, 2.45) is 0 Å². The molecule has 29 heavy (non-hydrogen) atoms. The summed E-state index contributed by atoms with van der Waals surface area (Å²) in [7, 11) is 0. The molecule has 0 amide bonds. The van der Waals surface area contributed by atoms with Crippen molar-refractivity contribution in [1.29, 1.82) is 0 Å². The van der Waals surface area contributed by atoms with Crippen LogP contribution < -0.4 is 10.6 Å². The quantitative estimate of drug-likeness (QED) is 0.467. The smallest absolute Gasteiger partial charge is 0.246 e. The largest absolute Gasteiger partial charge is 0.462 e. The highest BCUT2D eigenvalue weighted by Crippen LogP contribution is 2.16. The molecule has 4 rings (SSSR count). The van der Waals surface area contributed by atoms with E-state index in [0.29, 0.717) is 19.3 Å². The normalized spacial score (nSPS) is 14.3. The van der Waals surface area contributed by atoms with Crippen LogP contribution in [0.4, 0.5) is 0 Å². The highest BCUT2D eigenvalue weighted by molar-refractivity contribution is 7.05. The summed E-state index contributed by atoms with van der Waals surface area (Å²) < 4.78 is 17.0. The van der Waals surface area contributed by atoms with Gasteiger partial charge < -0.3 is 20.1 Å². The third-order valence-corrected chi connectivity index (χ3v) is 5.21. The van der Waals surface area contributed by atoms with Gasteiger partial charge in [0.05, 0.1) is 6.04 Å². The molecular formula is C20H24N6O2S. The maximum atomic E-state index is 5.60. The molecule has 0 radical (unpaired) electrons. The summed E-state index contributed by atoms with van der Waals surface area (Å²) in [6.07, 6.45) is 8.83. The van der Waals surface area contributed by atoms with E-state index < -0.39 is 0 Å². The minimum absolute atomic E-state index is 0.112. The fraction of sp³-hybridized carbons (Fsp3) is 0.350. The standard InChI is InChI=1S/C20H24N6O2S/c1-2-5-16(6-3-1)11-17(18-13-27-15-28-18)23-8-4-7-21-12-19-24-20(25-29-19)26-10-9-22-14-26/h1-3,5-6,9-10,13-14,17,21,23H,4,7-8,11-12,15H2. The molecule has 152 valence electrons. The first-order valence-electron chi connectivity index (χ1n) is 9.62. The summed E-state index contributed by atoms with van der Waals surface area (Å²) in [6, 6.07) is 10.5. The lowest BCUT2D eigenvalue weighted by Crippen LogP contribution is -2.35. The van der Waals surface area contributed by atoms with Crippen LogP contribution in [-0.2, 0) is 22.4 Å². The summed E-state index contributed by atoms with van der Waals surface area (Å²) in [6.45, 7) is 2.78. The van der Waals surface area contributed by atoms with Gasteiger partial charge in [-0.15, -0.1) is 0 Å². The Hall–Kier alpha value is -2.75. The van der Waals surface area contributed by atoms with Crippen molar-refractivity contribution in [2.75, 3.05) is 19.9 Å². The van der Waals surface area contributed by atoms with Gasteiger partial charge in [-0.2, -0.15) is 4.37 Å². The van der Waals surface area contributed by atoms with Crippen LogP contribution in [0.25, 0.3) is 5.95 Å². The maximum Gasteiger partial charge on any atom is 0.246 e. The Balaban J connectivity index is 1.18. The lowest BCUT2D eigenvalue weighted by atomic mass is 10.0. The first-order chi connectivity index (χ1) is 14.4. The number of ether oxygens (including phenoxy) is 2. The molecule has 0 spiro atoms. The van der Waals surface area contributed by atoms with Gasteiger partial charge in [-0.05, 0) is 43.0 Å². The second kappa shape index (κ2) is 10.1. The van der Waals surface area contributed by atoms with Crippen molar-refractivity contribution < 1.29 is 9.47 Å². The Morgan fingerprint density at radius 3 is 2.93 bits per heavy atom. The van der Waals surface area contributed by atoms with E-state index >= 15 is 0 Å². The van der Waals surface area contributed by atoms with Crippen molar-refractivity contribution in [3.8, 4) is 5.95 Å². The van der Waals surface area contributed by atoms with Crippen molar-refractivity contribution in [1.82, 2.24) is 29.5 Å². The van der Waals surface area contributed by atoms with Crippen LogP contribution in [0.15, 0.2) is 61.1 Å². The zero-order valence-corrected chi connectivity index (χ0v) is 16.8. The molecule has 9 heteroatoms. The van der Waals surface area contributed by atoms with Crippen molar-refractivity contribution in [2.45, 2.75) is 25.4 Å². The summed E-state index contributed by atoms with van der Waals surface area (Å²) in [4.78, 5) is 8.53. The minimum atomic E-state index is 0.112. The van der Waals surface area contributed by atoms with Crippen LogP contribution in [0.5, 0.6) is 0 Å². The van der Waals surface area contributed by atoms with Crippen LogP contribution in [0.3, 0.4) is 0 Å². The predicted molar refractivity (Wildman–Crippen MR) is 110 cm³/mol. The Bertz CT molecular complexity index is 897. The molecule has 1 aromatic carbocycles. The molecule has 2 N–H and O–H groups in total. The number of nitrogens with one attached hydrogen (secondary N) is 2. The maximum absolute atomic E-state index is 5.60. The second-order valence-electron chi connectivity index (χ2n) is 6.63. The summed E-state index contributed by atoms with van der Waals surface area (Å²) in [5.74, 6) is 1.53. The zero-order valence-electron chi connectivity index (χ0n) is 16.0. The molecule has 1 aliphatic rings. The molecule has 3 heterocycles. The Morgan fingerprint density at radius 1 is 1.21 bits per heavy atom. The van der Waals surface area contributed by atoms with E-state index in [1.54, 1.807) is 23.4 Å². The third kappa shape index (κ3) is 5.63. The van der Waals surface area contributed by atoms with E-state index in [-0.39, 0.29) is 6.04 Å². The van der Waals surface area contributed by atoms with Gasteiger partial charge in [0.15, 0.2) is 5.76 Å². The van der Waals surface area contributed by atoms with Gasteiger partial charge in [0.25, 0.3) is 0 Å². The molecule has 1 atom stereocenters. The van der Waals surface area contributed by atoms with Crippen molar-refractivity contribution >= 4 is 11.5 Å². The van der Waals surface area contributed by atoms with Crippen LogP contribution >= 0.6 is 11.5 Å². The average Bonchev–Trinajstić information content (AvgIpc) is 3.52. The van der Waals surface area contributed by atoms with Gasteiger partial charge >= 0.3 is 0 Å². The molecule has 0 fully saturated rings. The molecule has 0 bridgehead atoms. The minimum Gasteiger partial charge on any atom is -0.462 e. The molecule has 1 aliphatic heterocycles. The fourth-order valence-electron chi connectivity index (χ4n) is 3.04. The molecule has 2 aromatic heterocycles. The summed E-state index contributed by atoms with van der Waals surface area (Å²) in [5, 5.41) is 7.97. The van der Waals surface area contributed by atoms with Crippen LogP contribution in [-0.4, -0.2) is 44.8 Å². The first-order valence-corrected chi connectivity index (χ1v) is 10.4. The zero-order chi connectivity index (χ0) is 19.7. The molecule has 8 nitrogen and oxygen atoms in total. The Kier molecular flexibility index (Phi) is 6.85. The number of imidazole rings is 1. The highest BCUT2D eigenvalue weighted by Gasteiger charge is 2.19. The van der Waals surface area contributed by atoms with Gasteiger partial charge in [0, 0.05) is 18.9 Å². The molecule has 1 unspecified atom stereocenters. The van der Waals surface area contributed by atoms with Gasteiger partial charge in [0.2, 0.25) is 12.7 Å². The highest BCUT2D eigenvalue weighted by atomic mass is 32.1. The molecule has 0 saturated heterocycles. The lowest BCUT2D eigenvalue weighted by Gasteiger charge is -2.18. The van der Waals surface area contributed by atoms with Crippen LogP contribution in [0.2, 0.25) is 0 Å². The Labute approximate surface area is 173 Å². The van der Waals surface area contributed by atoms with Crippen LogP contribution in [0, 0.1) is 0 Å². The average molecular weight is 413 g/mol. The van der Waals surface area contributed by atoms with Gasteiger partial charge in [-0.3, -0.25) is 4.57 Å². The Morgan fingerprint density at radius 2 is 2.14 bits per heavy atom. The van der Waals surface area contributed by atoms with E-state index in [9.17, 15) is 0 Å². The van der Waals surface area contributed by atoms with Gasteiger partial charge in [-0.25, -0.2) is 9.97 Å². The second-order valence-corrected chi connectivity index (χ2v) is 7.47. The van der Waals surface area contributed by atoms with E-state index in [1.807, 2.05) is 12.3 Å². The van der Waals surface area contributed by atoms with E-state index in [1.165, 1.54) is 17.1 Å². The van der Waals surface area contributed by atoms with Crippen molar-refractivity contribution in [3.05, 3.63) is 71.6 Å². The van der Waals surface area contributed by atoms with E-state index in [4.69, 9.17) is 9.47 Å². The lowest BCUT2D eigenvalue weighted by molar-refractivity contribution is 0.0734. The van der Waals surface area contributed by atoms with Crippen LogP contribution in [0.1, 0.15) is 17.0 Å². The number of nitrogens with zero attached hydrogens (tertiary/aromatic N) is 4. The first kappa shape index (κ1) is 19.6. The summed E-state index contributed by atoms with van der Waals surface area (Å²) >= 11 is 1.41. The molecule has 3 aromatic rings. The number of hydrogen-bond donors (Lipinski definition) is 2. The van der Waals surface area contributed by atoms with E-state index in [0.717, 1.165) is 36.7 Å². The predicted octanol–water partition coefficient (Wildman–Crippen LogP) is 2.25. The third-order valence-electron chi connectivity index (χ3n) is 4.51. The van der Waals surface area contributed by atoms with Crippen molar-refractivity contribution in [3.63, 3.8) is 0 Å². The molecular weight excluding hydrogens is 388 g/mol. The number of rotatable bonds is 11. The molecule has 0 saturated carbocycles. The van der Waals surface area contributed by atoms with Gasteiger partial charge in [-0.1, -0.05) is 30.3 Å². The summed E-state index contributed by atoms with van der Waals surface area (Å²) in [5.41, 5.74) is 1.27. The van der Waals surface area contributed by atoms with E-state index in [2.05, 4.69) is 49.2 Å². The topological polar surface area (TPSA) is 86.1 Å².